The quantitative estimate of drug-likeness (QED) is 0.312. The first-order valence-electron chi connectivity index (χ1n) is 17.5. The SMILES string of the molecule is CN1C[C@H](Nc2cnn(C)c(=O)c2Br)C[C@H](c2ccc(CN3CCC(COc4cccc5c4C(=O)N(C4CCC(=O)NC4=O)C5=O)CC3)cc2)C1. The summed E-state index contributed by atoms with van der Waals surface area (Å²) >= 11 is 3.43. The molecule has 4 aliphatic heterocycles. The first-order chi connectivity index (χ1) is 24.5. The smallest absolute Gasteiger partial charge is 0.282 e. The van der Waals surface area contributed by atoms with Crippen LogP contribution in [0.3, 0.4) is 0 Å². The Balaban J connectivity index is 0.900. The Morgan fingerprint density at radius 1 is 0.961 bits per heavy atom. The highest BCUT2D eigenvalue weighted by Crippen LogP contribution is 2.35. The van der Waals surface area contributed by atoms with E-state index >= 15 is 0 Å². The molecule has 0 radical (unpaired) electrons. The molecular formula is C37H42BrN7O6. The van der Waals surface area contributed by atoms with Crippen molar-refractivity contribution < 1.29 is 23.9 Å². The second-order valence-corrected chi connectivity index (χ2v) is 15.0. The fourth-order valence-corrected chi connectivity index (χ4v) is 8.25. The number of benzene rings is 2. The number of likely N-dealkylation sites (tertiary alicyclic amines) is 2. The number of rotatable bonds is 9. The molecule has 7 rings (SSSR count). The third-order valence-electron chi connectivity index (χ3n) is 10.5. The van der Waals surface area contributed by atoms with Gasteiger partial charge in [0.05, 0.1) is 29.6 Å². The summed E-state index contributed by atoms with van der Waals surface area (Å²) in [6.07, 6.45) is 4.73. The molecule has 268 valence electrons. The molecule has 3 fully saturated rings. The maximum Gasteiger partial charge on any atom is 0.282 e. The summed E-state index contributed by atoms with van der Waals surface area (Å²) in [7, 11) is 3.77. The Bertz CT molecular complexity index is 1910. The number of imide groups is 2. The Labute approximate surface area is 304 Å². The molecule has 4 aliphatic rings. The topological polar surface area (TPSA) is 146 Å². The Morgan fingerprint density at radius 2 is 1.73 bits per heavy atom. The molecule has 3 saturated heterocycles. The van der Waals surface area contributed by atoms with E-state index in [9.17, 15) is 24.0 Å². The number of fused-ring (bicyclic) bond motifs is 1. The van der Waals surface area contributed by atoms with Gasteiger partial charge in [0.1, 0.15) is 16.3 Å². The molecule has 0 spiro atoms. The number of nitrogens with zero attached hydrogens (tertiary/aromatic N) is 5. The van der Waals surface area contributed by atoms with Crippen LogP contribution in [0.1, 0.15) is 69.9 Å². The molecule has 0 bridgehead atoms. The van der Waals surface area contributed by atoms with E-state index in [1.54, 1.807) is 31.4 Å². The first kappa shape index (κ1) is 35.0. The number of aryl methyl sites for hydroxylation is 1. The summed E-state index contributed by atoms with van der Waals surface area (Å²) in [6, 6.07) is 13.1. The molecule has 2 aromatic carbocycles. The minimum Gasteiger partial charge on any atom is -0.492 e. The summed E-state index contributed by atoms with van der Waals surface area (Å²) in [5.74, 6) is -1.10. The number of halogens is 1. The second kappa shape index (κ2) is 14.7. The number of hydrogen-bond acceptors (Lipinski definition) is 10. The van der Waals surface area contributed by atoms with Crippen molar-refractivity contribution >= 4 is 45.2 Å². The number of nitrogens with one attached hydrogen (secondary N) is 2. The number of aromatic nitrogens is 2. The molecule has 1 aromatic heterocycles. The predicted octanol–water partition coefficient (Wildman–Crippen LogP) is 3.13. The Morgan fingerprint density at radius 3 is 2.47 bits per heavy atom. The monoisotopic (exact) mass is 759 g/mol. The molecule has 3 atom stereocenters. The van der Waals surface area contributed by atoms with Crippen molar-refractivity contribution in [1.82, 2.24) is 29.8 Å². The summed E-state index contributed by atoms with van der Waals surface area (Å²) in [5.41, 5.74) is 3.54. The molecule has 0 saturated carbocycles. The number of hydrogen-bond donors (Lipinski definition) is 2. The minimum atomic E-state index is -1.01. The van der Waals surface area contributed by atoms with Crippen molar-refractivity contribution in [3.63, 3.8) is 0 Å². The number of anilines is 1. The van der Waals surface area contributed by atoms with E-state index in [0.29, 0.717) is 28.7 Å². The van der Waals surface area contributed by atoms with Crippen LogP contribution < -0.4 is 20.9 Å². The number of likely N-dealkylation sites (N-methyl/N-ethyl adjacent to an activating group) is 1. The molecular weight excluding hydrogens is 718 g/mol. The van der Waals surface area contributed by atoms with Crippen LogP contribution in [0.4, 0.5) is 5.69 Å². The number of carbonyl (C=O) groups excluding carboxylic acids is 4. The molecule has 2 N–H and O–H groups in total. The van der Waals surface area contributed by atoms with E-state index in [-0.39, 0.29) is 35.6 Å². The van der Waals surface area contributed by atoms with Gasteiger partial charge in [-0.2, -0.15) is 5.10 Å². The fourth-order valence-electron chi connectivity index (χ4n) is 7.77. The molecule has 5 heterocycles. The van der Waals surface area contributed by atoms with Gasteiger partial charge in [0.25, 0.3) is 17.4 Å². The second-order valence-electron chi connectivity index (χ2n) is 14.2. The lowest BCUT2D eigenvalue weighted by molar-refractivity contribution is -0.136. The van der Waals surface area contributed by atoms with Crippen LogP contribution in [0.15, 0.2) is 57.9 Å². The zero-order valence-corrected chi connectivity index (χ0v) is 30.4. The third kappa shape index (κ3) is 7.35. The number of amides is 4. The van der Waals surface area contributed by atoms with Crippen LogP contribution in [0.25, 0.3) is 0 Å². The average Bonchev–Trinajstić information content (AvgIpc) is 3.37. The summed E-state index contributed by atoms with van der Waals surface area (Å²) in [6.45, 7) is 5.00. The van der Waals surface area contributed by atoms with Crippen molar-refractivity contribution in [2.45, 2.75) is 56.7 Å². The summed E-state index contributed by atoms with van der Waals surface area (Å²) in [5, 5.41) is 9.93. The van der Waals surface area contributed by atoms with Gasteiger partial charge >= 0.3 is 0 Å². The fraction of sp³-hybridized carbons (Fsp3) is 0.459. The van der Waals surface area contributed by atoms with Gasteiger partial charge in [-0.05, 0) is 96.8 Å². The van der Waals surface area contributed by atoms with Gasteiger partial charge in [0.2, 0.25) is 11.8 Å². The normalized spacial score (nSPS) is 23.4. The third-order valence-corrected chi connectivity index (χ3v) is 11.3. The number of ether oxygens (including phenoxy) is 1. The van der Waals surface area contributed by atoms with E-state index in [2.05, 4.69) is 72.8 Å². The molecule has 3 aromatic rings. The zero-order chi connectivity index (χ0) is 35.8. The maximum absolute atomic E-state index is 13.4. The zero-order valence-electron chi connectivity index (χ0n) is 28.8. The Kier molecular flexibility index (Phi) is 10.1. The van der Waals surface area contributed by atoms with Crippen LogP contribution in [-0.4, -0.2) is 100 Å². The number of carbonyl (C=O) groups is 4. The summed E-state index contributed by atoms with van der Waals surface area (Å²) < 4.78 is 7.99. The van der Waals surface area contributed by atoms with E-state index in [4.69, 9.17) is 4.74 Å². The van der Waals surface area contributed by atoms with E-state index in [1.807, 2.05) is 0 Å². The van der Waals surface area contributed by atoms with Gasteiger partial charge in [-0.3, -0.25) is 39.1 Å². The summed E-state index contributed by atoms with van der Waals surface area (Å²) in [4.78, 5) is 68.7. The Hall–Kier alpha value is -4.40. The van der Waals surface area contributed by atoms with Gasteiger partial charge in [-0.15, -0.1) is 0 Å². The van der Waals surface area contributed by atoms with Crippen LogP contribution in [0.2, 0.25) is 0 Å². The van der Waals surface area contributed by atoms with Crippen molar-refractivity contribution in [3.8, 4) is 5.75 Å². The lowest BCUT2D eigenvalue weighted by Crippen LogP contribution is -2.54. The highest BCUT2D eigenvalue weighted by Gasteiger charge is 2.46. The van der Waals surface area contributed by atoms with Crippen molar-refractivity contribution in [2.75, 3.05) is 45.2 Å². The van der Waals surface area contributed by atoms with E-state index < -0.39 is 29.7 Å². The van der Waals surface area contributed by atoms with Crippen LogP contribution in [0, 0.1) is 5.92 Å². The maximum atomic E-state index is 13.4. The molecule has 51 heavy (non-hydrogen) atoms. The van der Waals surface area contributed by atoms with Crippen molar-refractivity contribution in [1.29, 1.82) is 0 Å². The highest BCUT2D eigenvalue weighted by atomic mass is 79.9. The van der Waals surface area contributed by atoms with E-state index in [0.717, 1.165) is 62.6 Å². The number of piperidine rings is 3. The molecule has 1 unspecified atom stereocenters. The molecule has 13 nitrogen and oxygen atoms in total. The van der Waals surface area contributed by atoms with Gasteiger partial charge in [-0.25, -0.2) is 4.68 Å². The molecule has 4 amide bonds. The van der Waals surface area contributed by atoms with Crippen molar-refractivity contribution in [3.05, 3.63) is 85.7 Å². The standard InChI is InChI=1S/C37H42BrN7O6/c1-42-19-25(16-26(20-42)40-28-17-39-43(2)37(50)33(28)38)24-8-6-22(7-9-24)18-44-14-12-23(13-15-44)21-51-30-5-3-4-27-32(30)36(49)45(35(27)48)29-10-11-31(46)41-34(29)47/h3-9,17,23,25-26,29,40H,10-16,18-21H2,1-2H3,(H,41,46,47)/t25-,26+,29?/m0/s1. The predicted molar refractivity (Wildman–Crippen MR) is 192 cm³/mol. The average molecular weight is 761 g/mol. The van der Waals surface area contributed by atoms with Crippen LogP contribution in [-0.2, 0) is 23.2 Å². The van der Waals surface area contributed by atoms with Gasteiger partial charge < -0.3 is 15.0 Å². The highest BCUT2D eigenvalue weighted by molar-refractivity contribution is 9.10. The van der Waals surface area contributed by atoms with Gasteiger partial charge in [-0.1, -0.05) is 30.3 Å². The molecule has 14 heteroatoms. The lowest BCUT2D eigenvalue weighted by Gasteiger charge is -2.37. The minimum absolute atomic E-state index is 0.0753. The first-order valence-corrected chi connectivity index (χ1v) is 18.3. The largest absolute Gasteiger partial charge is 0.492 e. The van der Waals surface area contributed by atoms with E-state index in [1.165, 1.54) is 15.8 Å². The van der Waals surface area contributed by atoms with Crippen LogP contribution >= 0.6 is 15.9 Å². The molecule has 0 aliphatic carbocycles. The van der Waals surface area contributed by atoms with Crippen LogP contribution in [0.5, 0.6) is 5.75 Å². The van der Waals surface area contributed by atoms with Gasteiger partial charge in [0, 0.05) is 39.1 Å². The lowest BCUT2D eigenvalue weighted by atomic mass is 9.87. The van der Waals surface area contributed by atoms with Crippen molar-refractivity contribution in [2.24, 2.45) is 13.0 Å². The van der Waals surface area contributed by atoms with Gasteiger partial charge in [0.15, 0.2) is 0 Å².